The fourth-order valence-electron chi connectivity index (χ4n) is 2.62. The summed E-state index contributed by atoms with van der Waals surface area (Å²) in [7, 11) is 1.68. The quantitative estimate of drug-likeness (QED) is 0.682. The van der Waals surface area contributed by atoms with Crippen molar-refractivity contribution in [3.63, 3.8) is 0 Å². The Morgan fingerprint density at radius 2 is 2.29 bits per heavy atom. The highest BCUT2D eigenvalue weighted by atomic mass is 16.5. The number of nitrogens with zero attached hydrogens (tertiary/aromatic N) is 1. The van der Waals surface area contributed by atoms with E-state index in [2.05, 4.69) is 5.32 Å². The molecule has 0 unspecified atom stereocenters. The van der Waals surface area contributed by atoms with Crippen molar-refractivity contribution < 1.29 is 13.9 Å². The van der Waals surface area contributed by atoms with E-state index >= 15 is 0 Å². The zero-order valence-corrected chi connectivity index (χ0v) is 12.8. The molecule has 2 rings (SSSR count). The molecular weight excluding hydrogens is 268 g/mol. The fourth-order valence-corrected chi connectivity index (χ4v) is 2.62. The largest absolute Gasteiger partial charge is 0.465 e. The van der Waals surface area contributed by atoms with E-state index in [-0.39, 0.29) is 28.5 Å². The summed E-state index contributed by atoms with van der Waals surface area (Å²) in [6, 6.07) is 5.29. The Hall–Kier alpha value is -2.06. The van der Waals surface area contributed by atoms with Gasteiger partial charge in [-0.25, -0.2) is 0 Å². The standard InChI is InChI=1S/C16H20N2O3/c1-15(2)13(9-16(15,3)20-4)18-14(19)11(10-17)8-12-6-5-7-21-12/h5-8,13H,9H2,1-4H3,(H,18,19)/b11-8+/t13-,16-/m0/s1. The summed E-state index contributed by atoms with van der Waals surface area (Å²) >= 11 is 0. The molecule has 0 saturated heterocycles. The fraction of sp³-hybridized carbons (Fsp3) is 0.500. The monoisotopic (exact) mass is 288 g/mol. The van der Waals surface area contributed by atoms with Gasteiger partial charge in [0.25, 0.3) is 5.91 Å². The van der Waals surface area contributed by atoms with Crippen LogP contribution >= 0.6 is 0 Å². The minimum absolute atomic E-state index is 0.0247. The van der Waals surface area contributed by atoms with Crippen LogP contribution in [0.5, 0.6) is 0 Å². The Morgan fingerprint density at radius 3 is 2.76 bits per heavy atom. The second-order valence-electron chi connectivity index (χ2n) is 6.07. The number of carbonyl (C=O) groups is 1. The van der Waals surface area contributed by atoms with Crippen molar-refractivity contribution in [3.05, 3.63) is 29.7 Å². The number of nitriles is 1. The molecule has 1 aliphatic rings. The summed E-state index contributed by atoms with van der Waals surface area (Å²) < 4.78 is 10.7. The summed E-state index contributed by atoms with van der Waals surface area (Å²) in [6.45, 7) is 6.13. The lowest BCUT2D eigenvalue weighted by molar-refractivity contribution is -0.181. The number of ether oxygens (including phenoxy) is 1. The average Bonchev–Trinajstić information content (AvgIpc) is 2.96. The molecule has 112 valence electrons. The van der Waals surface area contributed by atoms with Crippen molar-refractivity contribution in [1.29, 1.82) is 5.26 Å². The average molecular weight is 288 g/mol. The zero-order valence-electron chi connectivity index (χ0n) is 12.8. The van der Waals surface area contributed by atoms with Gasteiger partial charge in [-0.2, -0.15) is 5.26 Å². The number of hydrogen-bond acceptors (Lipinski definition) is 4. The lowest BCUT2D eigenvalue weighted by atomic mass is 9.56. The minimum Gasteiger partial charge on any atom is -0.465 e. The summed E-state index contributed by atoms with van der Waals surface area (Å²) in [5, 5.41) is 12.0. The molecule has 0 aliphatic heterocycles. The Bertz CT molecular complexity index is 596. The van der Waals surface area contributed by atoms with Gasteiger partial charge < -0.3 is 14.5 Å². The van der Waals surface area contributed by atoms with E-state index in [1.807, 2.05) is 26.8 Å². The third-order valence-corrected chi connectivity index (χ3v) is 4.78. The smallest absolute Gasteiger partial charge is 0.262 e. The van der Waals surface area contributed by atoms with Gasteiger partial charge in [0, 0.05) is 24.6 Å². The van der Waals surface area contributed by atoms with E-state index in [0.29, 0.717) is 5.76 Å². The van der Waals surface area contributed by atoms with Gasteiger partial charge in [0.15, 0.2) is 0 Å². The number of nitrogens with one attached hydrogen (secondary N) is 1. The Balaban J connectivity index is 2.07. The normalized spacial score (nSPS) is 27.6. The maximum Gasteiger partial charge on any atom is 0.262 e. The molecule has 1 N–H and O–H groups in total. The summed E-state index contributed by atoms with van der Waals surface area (Å²) in [6.07, 6.45) is 3.66. The topological polar surface area (TPSA) is 75.3 Å². The molecule has 2 atom stereocenters. The molecule has 1 aromatic heterocycles. The number of methoxy groups -OCH3 is 1. The van der Waals surface area contributed by atoms with Crippen molar-refractivity contribution in [2.24, 2.45) is 5.41 Å². The number of amides is 1. The number of rotatable bonds is 4. The molecule has 21 heavy (non-hydrogen) atoms. The third-order valence-electron chi connectivity index (χ3n) is 4.78. The van der Waals surface area contributed by atoms with Crippen LogP contribution in [0.3, 0.4) is 0 Å². The van der Waals surface area contributed by atoms with E-state index < -0.39 is 0 Å². The van der Waals surface area contributed by atoms with Gasteiger partial charge in [-0.05, 0) is 25.5 Å². The van der Waals surface area contributed by atoms with Crippen LogP contribution < -0.4 is 5.32 Å². The van der Waals surface area contributed by atoms with Gasteiger partial charge in [-0.3, -0.25) is 4.79 Å². The molecule has 0 bridgehead atoms. The molecule has 1 saturated carbocycles. The van der Waals surface area contributed by atoms with Crippen molar-refractivity contribution in [2.45, 2.75) is 38.8 Å². The van der Waals surface area contributed by atoms with Gasteiger partial charge in [-0.15, -0.1) is 0 Å². The van der Waals surface area contributed by atoms with E-state index in [4.69, 9.17) is 14.4 Å². The van der Waals surface area contributed by atoms with Crippen LogP contribution in [0.25, 0.3) is 6.08 Å². The lowest BCUT2D eigenvalue weighted by Crippen LogP contribution is -2.68. The highest BCUT2D eigenvalue weighted by molar-refractivity contribution is 6.01. The first-order chi connectivity index (χ1) is 9.84. The second kappa shape index (κ2) is 5.38. The maximum absolute atomic E-state index is 12.2. The highest BCUT2D eigenvalue weighted by Crippen LogP contribution is 2.51. The highest BCUT2D eigenvalue weighted by Gasteiger charge is 2.58. The first-order valence-electron chi connectivity index (χ1n) is 6.85. The Labute approximate surface area is 124 Å². The molecule has 5 nitrogen and oxygen atoms in total. The van der Waals surface area contributed by atoms with Crippen LogP contribution in [0, 0.1) is 16.7 Å². The van der Waals surface area contributed by atoms with Crippen molar-refractivity contribution in [1.82, 2.24) is 5.32 Å². The number of hydrogen-bond donors (Lipinski definition) is 1. The van der Waals surface area contributed by atoms with Crippen LogP contribution in [-0.4, -0.2) is 24.7 Å². The van der Waals surface area contributed by atoms with Crippen LogP contribution in [0.1, 0.15) is 33.0 Å². The first-order valence-corrected chi connectivity index (χ1v) is 6.85. The number of furan rings is 1. The third kappa shape index (κ3) is 2.59. The molecule has 0 spiro atoms. The van der Waals surface area contributed by atoms with E-state index in [1.54, 1.807) is 19.2 Å². The van der Waals surface area contributed by atoms with Crippen LogP contribution in [0.4, 0.5) is 0 Å². The van der Waals surface area contributed by atoms with E-state index in [9.17, 15) is 4.79 Å². The molecule has 1 aromatic rings. The van der Waals surface area contributed by atoms with Gasteiger partial charge in [0.1, 0.15) is 17.4 Å². The second-order valence-corrected chi connectivity index (χ2v) is 6.07. The molecule has 5 heteroatoms. The van der Waals surface area contributed by atoms with Crippen LogP contribution in [0.2, 0.25) is 0 Å². The zero-order chi connectivity index (χ0) is 15.7. The summed E-state index contributed by atoms with van der Waals surface area (Å²) in [5.41, 5.74) is -0.419. The van der Waals surface area contributed by atoms with Gasteiger partial charge >= 0.3 is 0 Å². The van der Waals surface area contributed by atoms with E-state index in [0.717, 1.165) is 6.42 Å². The molecule has 0 aromatic carbocycles. The van der Waals surface area contributed by atoms with Gasteiger partial charge in [0.2, 0.25) is 0 Å². The molecular formula is C16H20N2O3. The SMILES string of the molecule is CO[C@@]1(C)C[C@H](NC(=O)/C(C#N)=C/c2ccco2)C1(C)C. The van der Waals surface area contributed by atoms with Crippen molar-refractivity contribution >= 4 is 12.0 Å². The Morgan fingerprint density at radius 1 is 1.57 bits per heavy atom. The predicted molar refractivity (Wildman–Crippen MR) is 78.0 cm³/mol. The van der Waals surface area contributed by atoms with Gasteiger partial charge in [0.05, 0.1) is 11.9 Å². The Kier molecular flexibility index (Phi) is 3.93. The predicted octanol–water partition coefficient (Wildman–Crippen LogP) is 2.51. The molecule has 1 heterocycles. The first kappa shape index (κ1) is 15.3. The summed E-state index contributed by atoms with van der Waals surface area (Å²) in [5.74, 6) is 0.0985. The van der Waals surface area contributed by atoms with Crippen molar-refractivity contribution in [2.75, 3.05) is 7.11 Å². The van der Waals surface area contributed by atoms with Crippen molar-refractivity contribution in [3.8, 4) is 6.07 Å². The minimum atomic E-state index is -0.384. The molecule has 0 radical (unpaired) electrons. The lowest BCUT2D eigenvalue weighted by Gasteiger charge is -2.59. The van der Waals surface area contributed by atoms with Gasteiger partial charge in [-0.1, -0.05) is 13.8 Å². The maximum atomic E-state index is 12.2. The number of carbonyl (C=O) groups excluding carboxylic acids is 1. The van der Waals surface area contributed by atoms with Crippen LogP contribution in [0.15, 0.2) is 28.4 Å². The molecule has 1 fully saturated rings. The summed E-state index contributed by atoms with van der Waals surface area (Å²) in [4.78, 5) is 12.2. The molecule has 1 aliphatic carbocycles. The van der Waals surface area contributed by atoms with E-state index in [1.165, 1.54) is 12.3 Å². The van der Waals surface area contributed by atoms with Crippen LogP contribution in [-0.2, 0) is 9.53 Å². The molecule has 1 amide bonds.